The molecule has 0 unspecified atom stereocenters. The number of anilines is 2. The zero-order chi connectivity index (χ0) is 28.1. The van der Waals surface area contributed by atoms with Crippen LogP contribution in [0.1, 0.15) is 56.7 Å². The van der Waals surface area contributed by atoms with Gasteiger partial charge in [0.1, 0.15) is 22.9 Å². The summed E-state index contributed by atoms with van der Waals surface area (Å²) in [5.74, 6) is 0.533. The number of benzene rings is 1. The highest BCUT2D eigenvalue weighted by Crippen LogP contribution is 2.37. The summed E-state index contributed by atoms with van der Waals surface area (Å²) in [7, 11) is 0. The molecular weight excluding hydrogens is 526 g/mol. The van der Waals surface area contributed by atoms with Crippen molar-refractivity contribution in [3.05, 3.63) is 59.2 Å². The number of fused-ring (bicyclic) bond motifs is 2. The minimum absolute atomic E-state index is 0. The van der Waals surface area contributed by atoms with Gasteiger partial charge >= 0.3 is 0 Å². The highest BCUT2D eigenvalue weighted by Gasteiger charge is 2.26. The van der Waals surface area contributed by atoms with Gasteiger partial charge in [-0.25, -0.2) is 28.7 Å². The maximum Gasteiger partial charge on any atom is 0.236 e. The third-order valence-electron chi connectivity index (χ3n) is 8.57. The van der Waals surface area contributed by atoms with Gasteiger partial charge in [0, 0.05) is 51.3 Å². The molecule has 7 rings (SSSR count). The fraction of sp³-hybridized carbons (Fsp3) is 0.433. The van der Waals surface area contributed by atoms with Crippen molar-refractivity contribution in [1.82, 2.24) is 34.3 Å². The van der Waals surface area contributed by atoms with Gasteiger partial charge in [-0.15, -0.1) is 0 Å². The molecule has 4 aromatic rings. The molecule has 214 valence electrons. The van der Waals surface area contributed by atoms with E-state index in [0.29, 0.717) is 35.5 Å². The number of amides is 1. The lowest BCUT2D eigenvalue weighted by Crippen LogP contribution is -2.41. The smallest absolute Gasteiger partial charge is 0.236 e. The molecule has 5 heterocycles. The van der Waals surface area contributed by atoms with E-state index in [9.17, 15) is 9.18 Å². The van der Waals surface area contributed by atoms with Crippen LogP contribution in [-0.4, -0.2) is 66.4 Å². The second-order valence-electron chi connectivity index (χ2n) is 11.3. The lowest BCUT2D eigenvalue weighted by Gasteiger charge is -2.29. The van der Waals surface area contributed by atoms with Gasteiger partial charge in [0.2, 0.25) is 11.9 Å². The lowest BCUT2D eigenvalue weighted by atomic mass is 9.92. The molecule has 2 fully saturated rings. The average molecular weight is 561 g/mol. The number of aryl methyl sites for hydroxylation is 1. The summed E-state index contributed by atoms with van der Waals surface area (Å²) in [6.45, 7) is 5.46. The van der Waals surface area contributed by atoms with E-state index < -0.39 is 11.6 Å². The largest absolute Gasteiger partial charge is 0.342 e. The molecule has 1 saturated carbocycles. The monoisotopic (exact) mass is 560 g/mol. The highest BCUT2D eigenvalue weighted by molar-refractivity contribution is 5.83. The Balaban J connectivity index is 0.00000316. The van der Waals surface area contributed by atoms with Crippen LogP contribution in [0.25, 0.3) is 22.3 Å². The number of hydrogen-bond acceptors (Lipinski definition) is 7. The van der Waals surface area contributed by atoms with Gasteiger partial charge < -0.3 is 14.8 Å². The first-order valence-electron chi connectivity index (χ1n) is 14.4. The maximum absolute atomic E-state index is 15.1. The van der Waals surface area contributed by atoms with E-state index >= 15 is 4.39 Å². The van der Waals surface area contributed by atoms with Crippen molar-refractivity contribution in [2.45, 2.75) is 58.0 Å². The SMILES string of the molecule is Cc1nc2c(F)cc(-c3nc(Nc4ccc5c(n4)CCN(CC(=O)N4CCCC4)C5)ncc3F)cc2n1C1CCC1.[HH]. The molecule has 0 spiro atoms. The van der Waals surface area contributed by atoms with Crippen LogP contribution in [-0.2, 0) is 17.8 Å². The highest BCUT2D eigenvalue weighted by atomic mass is 19.1. The predicted molar refractivity (Wildman–Crippen MR) is 153 cm³/mol. The van der Waals surface area contributed by atoms with Gasteiger partial charge in [0.05, 0.1) is 18.3 Å². The average Bonchev–Trinajstić information content (AvgIpc) is 3.58. The zero-order valence-corrected chi connectivity index (χ0v) is 23.0. The first kappa shape index (κ1) is 25.9. The predicted octanol–water partition coefficient (Wildman–Crippen LogP) is 5.17. The number of carbonyl (C=O) groups excluding carboxylic acids is 1. The Labute approximate surface area is 238 Å². The molecule has 1 saturated heterocycles. The molecule has 1 amide bonds. The van der Waals surface area contributed by atoms with E-state index in [1.807, 2.05) is 24.0 Å². The molecule has 3 aliphatic rings. The topological polar surface area (TPSA) is 92.1 Å². The summed E-state index contributed by atoms with van der Waals surface area (Å²) in [5, 5.41) is 3.09. The number of nitrogens with one attached hydrogen (secondary N) is 1. The van der Waals surface area contributed by atoms with Gasteiger partial charge in [-0.2, -0.15) is 0 Å². The van der Waals surface area contributed by atoms with Crippen LogP contribution in [0.5, 0.6) is 0 Å². The van der Waals surface area contributed by atoms with E-state index in [1.54, 1.807) is 6.07 Å². The Hall–Kier alpha value is -3.99. The van der Waals surface area contributed by atoms with E-state index in [-0.39, 0.29) is 25.0 Å². The van der Waals surface area contributed by atoms with Crippen LogP contribution in [0, 0.1) is 18.6 Å². The standard InChI is InChI=1S/C30H32F2N8O.H2/c1-18-34-29-22(31)13-20(14-25(29)40(18)21-5-4-6-21)28-23(32)15-33-30(37-28)36-26-8-7-19-16-38(12-9-24(19)35-26)17-27(41)39-10-2-3-11-39;/h7-8,13-15,21H,2-6,9-12,16-17H2,1H3,(H,33,35,36,37);1H. The van der Waals surface area contributed by atoms with Crippen LogP contribution >= 0.6 is 0 Å². The van der Waals surface area contributed by atoms with Gasteiger partial charge in [-0.1, -0.05) is 6.07 Å². The summed E-state index contributed by atoms with van der Waals surface area (Å²) in [5.41, 5.74) is 3.33. The summed E-state index contributed by atoms with van der Waals surface area (Å²) in [6.07, 6.45) is 7.18. The number of imidazole rings is 1. The number of aromatic nitrogens is 5. The number of pyridine rings is 1. The van der Waals surface area contributed by atoms with Crippen molar-refractivity contribution < 1.29 is 15.0 Å². The normalized spacial score (nSPS) is 17.6. The van der Waals surface area contributed by atoms with Crippen molar-refractivity contribution in [1.29, 1.82) is 0 Å². The van der Waals surface area contributed by atoms with Gasteiger partial charge in [-0.3, -0.25) is 9.69 Å². The number of halogens is 2. The van der Waals surface area contributed by atoms with E-state index in [0.717, 1.165) is 81.4 Å². The first-order valence-corrected chi connectivity index (χ1v) is 14.4. The third kappa shape index (κ3) is 4.92. The number of hydrogen-bond donors (Lipinski definition) is 1. The van der Waals surface area contributed by atoms with Crippen LogP contribution in [0.15, 0.2) is 30.5 Å². The summed E-state index contributed by atoms with van der Waals surface area (Å²) < 4.78 is 32.2. The molecule has 3 aromatic heterocycles. The molecule has 1 aliphatic carbocycles. The van der Waals surface area contributed by atoms with Crippen LogP contribution < -0.4 is 5.32 Å². The Morgan fingerprint density at radius 1 is 1.05 bits per heavy atom. The summed E-state index contributed by atoms with van der Waals surface area (Å²) in [6, 6.07) is 7.17. The molecule has 0 radical (unpaired) electrons. The quantitative estimate of drug-likeness (QED) is 0.348. The Morgan fingerprint density at radius 3 is 2.66 bits per heavy atom. The third-order valence-corrected chi connectivity index (χ3v) is 8.57. The van der Waals surface area contributed by atoms with Crippen LogP contribution in [0.4, 0.5) is 20.5 Å². The van der Waals surface area contributed by atoms with E-state index in [4.69, 9.17) is 4.98 Å². The van der Waals surface area contributed by atoms with Gasteiger partial charge in [-0.05, 0) is 62.8 Å². The van der Waals surface area contributed by atoms with Crippen molar-refractivity contribution >= 4 is 28.7 Å². The minimum atomic E-state index is -0.636. The number of nitrogens with zero attached hydrogens (tertiary/aromatic N) is 7. The van der Waals surface area contributed by atoms with Gasteiger partial charge in [0.25, 0.3) is 0 Å². The van der Waals surface area contributed by atoms with Gasteiger partial charge in [0.15, 0.2) is 11.6 Å². The molecule has 1 N–H and O–H groups in total. The Morgan fingerprint density at radius 2 is 1.88 bits per heavy atom. The molecule has 1 aromatic carbocycles. The minimum Gasteiger partial charge on any atom is -0.342 e. The molecule has 41 heavy (non-hydrogen) atoms. The Bertz CT molecular complexity index is 1650. The second-order valence-corrected chi connectivity index (χ2v) is 11.3. The number of carbonyl (C=O) groups is 1. The lowest BCUT2D eigenvalue weighted by molar-refractivity contribution is -0.131. The zero-order valence-electron chi connectivity index (χ0n) is 23.0. The van der Waals surface area contributed by atoms with Crippen LogP contribution in [0.3, 0.4) is 0 Å². The summed E-state index contributed by atoms with van der Waals surface area (Å²) in [4.78, 5) is 34.4. The van der Waals surface area contributed by atoms with Crippen molar-refractivity contribution in [2.75, 3.05) is 31.5 Å². The Kier molecular flexibility index (Phi) is 6.61. The first-order chi connectivity index (χ1) is 19.9. The molecule has 11 heteroatoms. The molecule has 0 atom stereocenters. The molecular formula is C30H34F2N8O. The van der Waals surface area contributed by atoms with E-state index in [2.05, 4.69) is 29.7 Å². The van der Waals surface area contributed by atoms with Crippen LogP contribution in [0.2, 0.25) is 0 Å². The fourth-order valence-corrected chi connectivity index (χ4v) is 6.19. The molecule has 2 aliphatic heterocycles. The molecule has 9 nitrogen and oxygen atoms in total. The fourth-order valence-electron chi connectivity index (χ4n) is 6.19. The number of rotatable bonds is 6. The second kappa shape index (κ2) is 10.4. The van der Waals surface area contributed by atoms with Crippen molar-refractivity contribution in [3.63, 3.8) is 0 Å². The maximum atomic E-state index is 15.1. The summed E-state index contributed by atoms with van der Waals surface area (Å²) >= 11 is 0. The van der Waals surface area contributed by atoms with Crippen molar-refractivity contribution in [3.8, 4) is 11.3 Å². The van der Waals surface area contributed by atoms with E-state index in [1.165, 1.54) is 6.07 Å². The number of likely N-dealkylation sites (tertiary alicyclic amines) is 1. The molecule has 0 bridgehead atoms. The van der Waals surface area contributed by atoms with Crippen molar-refractivity contribution in [2.24, 2.45) is 0 Å².